The summed E-state index contributed by atoms with van der Waals surface area (Å²) in [5.41, 5.74) is 2.57. The van der Waals surface area contributed by atoms with Crippen LogP contribution in [-0.4, -0.2) is 19.8 Å². The Labute approximate surface area is 175 Å². The second-order valence-electron chi connectivity index (χ2n) is 7.07. The Bertz CT molecular complexity index is 1020. The van der Waals surface area contributed by atoms with Crippen LogP contribution in [0.1, 0.15) is 30.1 Å². The number of amides is 1. The number of methoxy groups -OCH3 is 1. The molecule has 2 N–H and O–H groups in total. The van der Waals surface area contributed by atoms with Gasteiger partial charge in [0.05, 0.1) is 7.11 Å². The summed E-state index contributed by atoms with van der Waals surface area (Å²) in [6, 6.07) is 22.1. The van der Waals surface area contributed by atoms with E-state index in [0.29, 0.717) is 11.4 Å². The lowest BCUT2D eigenvalue weighted by atomic mass is 10.0. The first-order chi connectivity index (χ1) is 14.6. The molecule has 1 aliphatic rings. The molecule has 0 bridgehead atoms. The quantitative estimate of drug-likeness (QED) is 0.609. The molecular formula is C24H24N2O4. The van der Waals surface area contributed by atoms with Crippen LogP contribution in [0, 0.1) is 0 Å². The third kappa shape index (κ3) is 4.39. The molecule has 3 aromatic carbocycles. The van der Waals surface area contributed by atoms with E-state index in [0.717, 1.165) is 22.6 Å². The summed E-state index contributed by atoms with van der Waals surface area (Å²) in [4.78, 5) is 13.2. The first-order valence-corrected chi connectivity index (χ1v) is 9.79. The van der Waals surface area contributed by atoms with Gasteiger partial charge in [0, 0.05) is 17.8 Å². The van der Waals surface area contributed by atoms with Crippen LogP contribution in [0.25, 0.3) is 0 Å². The van der Waals surface area contributed by atoms with Crippen molar-refractivity contribution < 1.29 is 19.0 Å². The fourth-order valence-electron chi connectivity index (χ4n) is 3.41. The number of hydrogen-bond acceptors (Lipinski definition) is 5. The van der Waals surface area contributed by atoms with E-state index in [9.17, 15) is 4.79 Å². The molecule has 1 heterocycles. The molecule has 1 aliphatic heterocycles. The first kappa shape index (κ1) is 19.8. The van der Waals surface area contributed by atoms with Crippen molar-refractivity contribution in [3.05, 3.63) is 83.9 Å². The van der Waals surface area contributed by atoms with Gasteiger partial charge in [-0.1, -0.05) is 42.5 Å². The molecular weight excluding hydrogens is 380 g/mol. The third-order valence-corrected chi connectivity index (χ3v) is 5.05. The van der Waals surface area contributed by atoms with E-state index in [1.807, 2.05) is 73.7 Å². The van der Waals surface area contributed by atoms with Crippen molar-refractivity contribution in [2.45, 2.75) is 19.0 Å². The molecule has 4 rings (SSSR count). The number of hydrogen-bond donors (Lipinski definition) is 2. The first-order valence-electron chi connectivity index (χ1n) is 9.79. The van der Waals surface area contributed by atoms with E-state index in [1.54, 1.807) is 13.2 Å². The molecule has 0 spiro atoms. The minimum Gasteiger partial charge on any atom is -0.497 e. The van der Waals surface area contributed by atoms with Crippen LogP contribution in [0.5, 0.6) is 17.2 Å². The summed E-state index contributed by atoms with van der Waals surface area (Å²) in [6.07, 6.45) is 0. The van der Waals surface area contributed by atoms with Gasteiger partial charge in [-0.2, -0.15) is 0 Å². The fourth-order valence-corrected chi connectivity index (χ4v) is 3.41. The van der Waals surface area contributed by atoms with E-state index in [4.69, 9.17) is 14.2 Å². The number of carbonyl (C=O) groups is 1. The van der Waals surface area contributed by atoms with E-state index < -0.39 is 6.04 Å². The maximum absolute atomic E-state index is 13.2. The minimum absolute atomic E-state index is 0.0965. The normalized spacial score (nSPS) is 14.1. The SMILES string of the molecule is COc1cccc(NC(=O)[C@@H](N[C@@H](C)c2ccc3c(c2)OCO3)c2ccccc2)c1. The monoisotopic (exact) mass is 404 g/mol. The standard InChI is InChI=1S/C24H24N2O4/c1-16(18-11-12-21-22(13-18)30-15-29-21)25-23(17-7-4-3-5-8-17)24(27)26-19-9-6-10-20(14-19)28-2/h3-14,16,23,25H,15H2,1-2H3,(H,26,27)/t16-,23-/m0/s1. The average molecular weight is 404 g/mol. The molecule has 0 aliphatic carbocycles. The van der Waals surface area contributed by atoms with Crippen molar-refractivity contribution in [2.75, 3.05) is 19.2 Å². The van der Waals surface area contributed by atoms with Crippen LogP contribution in [0.4, 0.5) is 5.69 Å². The van der Waals surface area contributed by atoms with Gasteiger partial charge >= 0.3 is 0 Å². The number of fused-ring (bicyclic) bond motifs is 1. The van der Waals surface area contributed by atoms with Crippen LogP contribution in [0.2, 0.25) is 0 Å². The van der Waals surface area contributed by atoms with Crippen LogP contribution in [0.3, 0.4) is 0 Å². The Morgan fingerprint density at radius 3 is 2.53 bits per heavy atom. The number of rotatable bonds is 7. The number of ether oxygens (including phenoxy) is 3. The van der Waals surface area contributed by atoms with Gasteiger partial charge in [0.1, 0.15) is 11.8 Å². The smallest absolute Gasteiger partial charge is 0.246 e. The van der Waals surface area contributed by atoms with E-state index >= 15 is 0 Å². The Kier molecular flexibility index (Phi) is 5.86. The van der Waals surface area contributed by atoms with Crippen LogP contribution in [-0.2, 0) is 4.79 Å². The largest absolute Gasteiger partial charge is 0.497 e. The average Bonchev–Trinajstić information content (AvgIpc) is 3.26. The number of anilines is 1. The molecule has 6 nitrogen and oxygen atoms in total. The Morgan fingerprint density at radius 2 is 1.73 bits per heavy atom. The van der Waals surface area contributed by atoms with Crippen molar-refractivity contribution in [1.29, 1.82) is 0 Å². The second kappa shape index (κ2) is 8.88. The van der Waals surface area contributed by atoms with Crippen molar-refractivity contribution in [3.8, 4) is 17.2 Å². The highest BCUT2D eigenvalue weighted by Gasteiger charge is 2.24. The summed E-state index contributed by atoms with van der Waals surface area (Å²) < 4.78 is 16.1. The molecule has 154 valence electrons. The molecule has 3 aromatic rings. The molecule has 6 heteroatoms. The van der Waals surface area contributed by atoms with Crippen molar-refractivity contribution >= 4 is 11.6 Å². The highest BCUT2D eigenvalue weighted by atomic mass is 16.7. The van der Waals surface area contributed by atoms with Crippen molar-refractivity contribution in [3.63, 3.8) is 0 Å². The number of nitrogens with one attached hydrogen (secondary N) is 2. The van der Waals surface area contributed by atoms with Crippen LogP contribution < -0.4 is 24.8 Å². The van der Waals surface area contributed by atoms with Gasteiger partial charge in [0.25, 0.3) is 0 Å². The summed E-state index contributed by atoms with van der Waals surface area (Å²) in [6.45, 7) is 2.25. The Balaban J connectivity index is 1.56. The number of carbonyl (C=O) groups excluding carboxylic acids is 1. The summed E-state index contributed by atoms with van der Waals surface area (Å²) >= 11 is 0. The van der Waals surface area contributed by atoms with Crippen molar-refractivity contribution in [1.82, 2.24) is 5.32 Å². The van der Waals surface area contributed by atoms with Crippen LogP contribution in [0.15, 0.2) is 72.8 Å². The van der Waals surface area contributed by atoms with E-state index in [2.05, 4.69) is 10.6 Å². The topological polar surface area (TPSA) is 68.8 Å². The Morgan fingerprint density at radius 1 is 0.933 bits per heavy atom. The Hall–Kier alpha value is -3.51. The zero-order valence-corrected chi connectivity index (χ0v) is 16.9. The highest BCUT2D eigenvalue weighted by molar-refractivity contribution is 5.95. The molecule has 1 amide bonds. The zero-order chi connectivity index (χ0) is 20.9. The van der Waals surface area contributed by atoms with Gasteiger partial charge in [-0.3, -0.25) is 10.1 Å². The van der Waals surface area contributed by atoms with Gasteiger partial charge < -0.3 is 19.5 Å². The second-order valence-corrected chi connectivity index (χ2v) is 7.07. The van der Waals surface area contributed by atoms with Gasteiger partial charge in [-0.15, -0.1) is 0 Å². The van der Waals surface area contributed by atoms with Gasteiger partial charge in [-0.05, 0) is 42.3 Å². The predicted octanol–water partition coefficient (Wildman–Crippen LogP) is 4.45. The fraction of sp³-hybridized carbons (Fsp3) is 0.208. The van der Waals surface area contributed by atoms with E-state index in [1.165, 1.54) is 0 Å². The summed E-state index contributed by atoms with van der Waals surface area (Å²) in [5, 5.41) is 6.44. The third-order valence-electron chi connectivity index (χ3n) is 5.05. The molecule has 30 heavy (non-hydrogen) atoms. The summed E-state index contributed by atoms with van der Waals surface area (Å²) in [5.74, 6) is 1.99. The molecule has 2 atom stereocenters. The zero-order valence-electron chi connectivity index (χ0n) is 16.9. The van der Waals surface area contributed by atoms with E-state index in [-0.39, 0.29) is 18.7 Å². The predicted molar refractivity (Wildman–Crippen MR) is 115 cm³/mol. The molecule has 0 saturated carbocycles. The minimum atomic E-state index is -0.544. The van der Waals surface area contributed by atoms with Crippen LogP contribution >= 0.6 is 0 Å². The number of benzene rings is 3. The highest BCUT2D eigenvalue weighted by Crippen LogP contribution is 2.34. The molecule has 0 saturated heterocycles. The molecule has 0 fully saturated rings. The summed E-state index contributed by atoms with van der Waals surface area (Å²) in [7, 11) is 1.60. The lowest BCUT2D eigenvalue weighted by Crippen LogP contribution is -2.34. The van der Waals surface area contributed by atoms with Gasteiger partial charge in [0.2, 0.25) is 12.7 Å². The maximum atomic E-state index is 13.2. The molecule has 0 radical (unpaired) electrons. The van der Waals surface area contributed by atoms with Gasteiger partial charge in [-0.25, -0.2) is 0 Å². The lowest BCUT2D eigenvalue weighted by Gasteiger charge is -2.24. The van der Waals surface area contributed by atoms with Crippen molar-refractivity contribution in [2.24, 2.45) is 0 Å². The molecule has 0 unspecified atom stereocenters. The van der Waals surface area contributed by atoms with Gasteiger partial charge in [0.15, 0.2) is 11.5 Å². The molecule has 0 aromatic heterocycles. The maximum Gasteiger partial charge on any atom is 0.246 e. The lowest BCUT2D eigenvalue weighted by molar-refractivity contribution is -0.118.